The zero-order valence-corrected chi connectivity index (χ0v) is 13.8. The van der Waals surface area contributed by atoms with Crippen LogP contribution in [-0.2, 0) is 4.79 Å². The van der Waals surface area contributed by atoms with Gasteiger partial charge in [-0.3, -0.25) is 4.79 Å². The van der Waals surface area contributed by atoms with Crippen LogP contribution in [-0.4, -0.2) is 24.9 Å². The highest BCUT2D eigenvalue weighted by molar-refractivity contribution is 6.56. The van der Waals surface area contributed by atoms with E-state index in [4.69, 9.17) is 69.6 Å². The SMILES string of the molecule is O=C(CCl)NCCNc1c(Cl)c(Cl)c(Cl)c(Cl)c1Cl. The smallest absolute Gasteiger partial charge is 0.234 e. The number of hydrogen-bond donors (Lipinski definition) is 2. The Morgan fingerprint density at radius 3 is 1.79 bits per heavy atom. The highest BCUT2D eigenvalue weighted by atomic mass is 35.5. The molecule has 1 rings (SSSR count). The van der Waals surface area contributed by atoms with Crippen LogP contribution in [0.1, 0.15) is 0 Å². The fraction of sp³-hybridized carbons (Fsp3) is 0.300. The van der Waals surface area contributed by atoms with Gasteiger partial charge in [0.2, 0.25) is 5.91 Å². The first-order valence-electron chi connectivity index (χ1n) is 4.98. The Bertz CT molecular complexity index is 464. The van der Waals surface area contributed by atoms with Gasteiger partial charge in [-0.1, -0.05) is 58.0 Å². The lowest BCUT2D eigenvalue weighted by molar-refractivity contribution is -0.118. The van der Waals surface area contributed by atoms with Crippen LogP contribution < -0.4 is 10.6 Å². The van der Waals surface area contributed by atoms with Crippen molar-refractivity contribution in [1.82, 2.24) is 5.32 Å². The number of carbonyl (C=O) groups excluding carboxylic acids is 1. The molecule has 0 bridgehead atoms. The van der Waals surface area contributed by atoms with Gasteiger partial charge in [0.05, 0.1) is 30.8 Å². The standard InChI is InChI=1S/C10H8Cl6N2O/c11-3-4(19)17-1-2-18-10-8(15)6(13)5(12)7(14)9(10)16/h18H,1-3H2,(H,17,19). The number of anilines is 1. The molecule has 0 fully saturated rings. The molecule has 0 heterocycles. The van der Waals surface area contributed by atoms with Gasteiger partial charge in [0, 0.05) is 13.1 Å². The number of amides is 1. The van der Waals surface area contributed by atoms with E-state index in [-0.39, 0.29) is 36.9 Å². The van der Waals surface area contributed by atoms with Crippen molar-refractivity contribution in [2.24, 2.45) is 0 Å². The monoisotopic (exact) mass is 382 g/mol. The van der Waals surface area contributed by atoms with Crippen LogP contribution in [0, 0.1) is 0 Å². The van der Waals surface area contributed by atoms with E-state index in [9.17, 15) is 4.79 Å². The minimum atomic E-state index is -0.271. The number of halogens is 6. The number of rotatable bonds is 5. The molecule has 1 amide bonds. The quantitative estimate of drug-likeness (QED) is 0.334. The third-order valence-corrected chi connectivity index (χ3v) is 4.60. The van der Waals surface area contributed by atoms with Crippen LogP contribution in [0.15, 0.2) is 0 Å². The Hall–Kier alpha value is 0.230. The highest BCUT2D eigenvalue weighted by Crippen LogP contribution is 2.46. The Morgan fingerprint density at radius 2 is 1.32 bits per heavy atom. The first kappa shape index (κ1) is 17.3. The second-order valence-electron chi connectivity index (χ2n) is 3.36. The fourth-order valence-corrected chi connectivity index (χ4v) is 2.56. The van der Waals surface area contributed by atoms with Crippen molar-refractivity contribution < 1.29 is 4.79 Å². The second-order valence-corrected chi connectivity index (χ2v) is 5.51. The Kier molecular flexibility index (Phi) is 7.15. The summed E-state index contributed by atoms with van der Waals surface area (Å²) in [4.78, 5) is 10.9. The summed E-state index contributed by atoms with van der Waals surface area (Å²) >= 11 is 35.0. The third-order valence-electron chi connectivity index (χ3n) is 2.08. The van der Waals surface area contributed by atoms with Gasteiger partial charge in [-0.25, -0.2) is 0 Å². The average Bonchev–Trinajstić information content (AvgIpc) is 2.41. The largest absolute Gasteiger partial charge is 0.381 e. The minimum Gasteiger partial charge on any atom is -0.381 e. The summed E-state index contributed by atoms with van der Waals surface area (Å²) in [5.74, 6) is -0.368. The third kappa shape index (κ3) is 4.35. The van der Waals surface area contributed by atoms with Crippen molar-refractivity contribution in [3.8, 4) is 0 Å². The van der Waals surface area contributed by atoms with Gasteiger partial charge >= 0.3 is 0 Å². The van der Waals surface area contributed by atoms with Gasteiger partial charge in [-0.2, -0.15) is 0 Å². The van der Waals surface area contributed by atoms with E-state index in [1.165, 1.54) is 0 Å². The van der Waals surface area contributed by atoms with Crippen LogP contribution >= 0.6 is 69.6 Å². The molecule has 1 aromatic rings. The maximum Gasteiger partial charge on any atom is 0.234 e. The maximum atomic E-state index is 10.9. The predicted octanol–water partition coefficient (Wildman–Crippen LogP) is 4.72. The molecule has 0 spiro atoms. The molecule has 0 unspecified atom stereocenters. The van der Waals surface area contributed by atoms with Crippen molar-refractivity contribution in [3.05, 3.63) is 25.1 Å². The first-order valence-corrected chi connectivity index (χ1v) is 7.40. The van der Waals surface area contributed by atoms with E-state index in [2.05, 4.69) is 10.6 Å². The number of alkyl halides is 1. The van der Waals surface area contributed by atoms with Crippen molar-refractivity contribution in [2.45, 2.75) is 0 Å². The Balaban J connectivity index is 2.77. The summed E-state index contributed by atoms with van der Waals surface area (Å²) in [7, 11) is 0. The molecule has 0 saturated carbocycles. The van der Waals surface area contributed by atoms with Crippen molar-refractivity contribution >= 4 is 81.2 Å². The number of benzene rings is 1. The van der Waals surface area contributed by atoms with Gasteiger partial charge in [0.25, 0.3) is 0 Å². The molecule has 0 atom stereocenters. The average molecular weight is 385 g/mol. The van der Waals surface area contributed by atoms with Gasteiger partial charge in [-0.05, 0) is 0 Å². The van der Waals surface area contributed by atoms with Gasteiger partial charge in [-0.15, -0.1) is 11.6 Å². The lowest BCUT2D eigenvalue weighted by Crippen LogP contribution is -2.29. The van der Waals surface area contributed by atoms with Crippen LogP contribution in [0.25, 0.3) is 0 Å². The molecular formula is C10H8Cl6N2O. The molecule has 0 radical (unpaired) electrons. The highest BCUT2D eigenvalue weighted by Gasteiger charge is 2.18. The molecule has 1 aromatic carbocycles. The summed E-state index contributed by atoms with van der Waals surface area (Å²) < 4.78 is 0. The molecule has 0 aliphatic heterocycles. The van der Waals surface area contributed by atoms with Crippen LogP contribution in [0.3, 0.4) is 0 Å². The van der Waals surface area contributed by atoms with Gasteiger partial charge in [0.15, 0.2) is 0 Å². The summed E-state index contributed by atoms with van der Waals surface area (Å²) in [6.07, 6.45) is 0. The van der Waals surface area contributed by atoms with E-state index in [0.717, 1.165) is 0 Å². The number of carbonyl (C=O) groups is 1. The minimum absolute atomic E-state index is 0.0966. The molecule has 0 saturated heterocycles. The van der Waals surface area contributed by atoms with Crippen LogP contribution in [0.5, 0.6) is 0 Å². The lowest BCUT2D eigenvalue weighted by atomic mass is 10.3. The molecule has 3 nitrogen and oxygen atoms in total. The molecule has 0 aliphatic rings. The van der Waals surface area contributed by atoms with Crippen molar-refractivity contribution in [2.75, 3.05) is 24.3 Å². The lowest BCUT2D eigenvalue weighted by Gasteiger charge is -2.14. The van der Waals surface area contributed by atoms with Crippen LogP contribution in [0.4, 0.5) is 5.69 Å². The summed E-state index contributed by atoms with van der Waals surface area (Å²) in [5.41, 5.74) is 0.364. The zero-order valence-electron chi connectivity index (χ0n) is 9.30. The maximum absolute atomic E-state index is 10.9. The molecule has 9 heteroatoms. The summed E-state index contributed by atoms with van der Waals surface area (Å²) in [5, 5.41) is 6.16. The fourth-order valence-electron chi connectivity index (χ4n) is 1.20. The molecule has 19 heavy (non-hydrogen) atoms. The predicted molar refractivity (Wildman–Crippen MR) is 83.7 cm³/mol. The number of nitrogens with one attached hydrogen (secondary N) is 2. The molecule has 0 aliphatic carbocycles. The first-order chi connectivity index (χ1) is 8.90. The normalized spacial score (nSPS) is 10.4. The summed E-state index contributed by atoms with van der Waals surface area (Å²) in [6, 6.07) is 0. The molecule has 106 valence electrons. The topological polar surface area (TPSA) is 41.1 Å². The van der Waals surface area contributed by atoms with E-state index in [1.807, 2.05) is 0 Å². The van der Waals surface area contributed by atoms with E-state index >= 15 is 0 Å². The molecular weight excluding hydrogens is 377 g/mol. The van der Waals surface area contributed by atoms with E-state index in [0.29, 0.717) is 18.8 Å². The second kappa shape index (κ2) is 7.87. The van der Waals surface area contributed by atoms with E-state index < -0.39 is 0 Å². The Morgan fingerprint density at radius 1 is 0.842 bits per heavy atom. The molecule has 0 aromatic heterocycles. The number of hydrogen-bond acceptors (Lipinski definition) is 2. The van der Waals surface area contributed by atoms with Gasteiger partial charge in [0.1, 0.15) is 5.88 Å². The zero-order chi connectivity index (χ0) is 14.6. The van der Waals surface area contributed by atoms with Crippen molar-refractivity contribution in [3.63, 3.8) is 0 Å². The Labute approximate surface area is 140 Å². The van der Waals surface area contributed by atoms with Gasteiger partial charge < -0.3 is 10.6 Å². The summed E-state index contributed by atoms with van der Waals surface area (Å²) in [6.45, 7) is 0.715. The van der Waals surface area contributed by atoms with Crippen LogP contribution in [0.2, 0.25) is 25.1 Å². The van der Waals surface area contributed by atoms with E-state index in [1.54, 1.807) is 0 Å². The van der Waals surface area contributed by atoms with Crippen molar-refractivity contribution in [1.29, 1.82) is 0 Å². The molecule has 2 N–H and O–H groups in total.